The lowest BCUT2D eigenvalue weighted by Crippen LogP contribution is -2.58. The molecule has 0 radical (unpaired) electrons. The summed E-state index contributed by atoms with van der Waals surface area (Å²) >= 11 is 0. The molecule has 6 nitrogen and oxygen atoms in total. The molecule has 4 aliphatic rings. The Morgan fingerprint density at radius 3 is 2.75 bits per heavy atom. The Morgan fingerprint density at radius 1 is 1.32 bits per heavy atom. The summed E-state index contributed by atoms with van der Waals surface area (Å²) in [7, 11) is 1.59. The van der Waals surface area contributed by atoms with Crippen LogP contribution in [0, 0.1) is 17.7 Å². The van der Waals surface area contributed by atoms with Gasteiger partial charge in [-0.05, 0) is 43.4 Å². The second-order valence-electron chi connectivity index (χ2n) is 8.14. The Morgan fingerprint density at radius 2 is 2.07 bits per heavy atom. The third kappa shape index (κ3) is 3.85. The lowest BCUT2D eigenvalue weighted by Gasteiger charge is -2.45. The predicted octanol–water partition coefficient (Wildman–Crippen LogP) is 2.80. The summed E-state index contributed by atoms with van der Waals surface area (Å²) in [6.45, 7) is 1.20. The van der Waals surface area contributed by atoms with E-state index in [0.29, 0.717) is 36.9 Å². The van der Waals surface area contributed by atoms with Gasteiger partial charge in [0.05, 0.1) is 19.1 Å². The average molecular weight is 389 g/mol. The SMILES string of the molecule is C1CC1.CN1C(=O)C2CCOCC2(c2cc(OCC3CC3)ccc2F)N=C1N. The molecule has 0 bridgehead atoms. The van der Waals surface area contributed by atoms with E-state index < -0.39 is 17.3 Å². The van der Waals surface area contributed by atoms with Crippen molar-refractivity contribution in [2.75, 3.05) is 26.9 Å². The van der Waals surface area contributed by atoms with E-state index in [1.807, 2.05) is 0 Å². The van der Waals surface area contributed by atoms with Gasteiger partial charge >= 0.3 is 0 Å². The number of fused-ring (bicyclic) bond motifs is 1. The maximum absolute atomic E-state index is 14.7. The minimum absolute atomic E-state index is 0.0791. The molecule has 7 heteroatoms. The number of benzene rings is 1. The third-order valence-corrected chi connectivity index (χ3v) is 5.68. The number of carbonyl (C=O) groups is 1. The van der Waals surface area contributed by atoms with E-state index in [-0.39, 0.29) is 18.5 Å². The number of guanidine groups is 1. The first-order valence-corrected chi connectivity index (χ1v) is 10.1. The minimum atomic E-state index is -1.13. The molecule has 0 aromatic heterocycles. The Hall–Kier alpha value is -2.15. The maximum atomic E-state index is 14.7. The molecule has 2 N–H and O–H groups in total. The number of aliphatic imine (C=N–C) groups is 1. The van der Waals surface area contributed by atoms with Crippen molar-refractivity contribution >= 4 is 11.9 Å². The normalized spacial score (nSPS) is 28.6. The van der Waals surface area contributed by atoms with E-state index >= 15 is 0 Å². The van der Waals surface area contributed by atoms with Crippen LogP contribution in [0.25, 0.3) is 0 Å². The smallest absolute Gasteiger partial charge is 0.235 e. The van der Waals surface area contributed by atoms with Crippen LogP contribution in [0.5, 0.6) is 5.75 Å². The summed E-state index contributed by atoms with van der Waals surface area (Å²) in [6.07, 6.45) is 7.33. The number of halogens is 1. The van der Waals surface area contributed by atoms with E-state index in [9.17, 15) is 9.18 Å². The van der Waals surface area contributed by atoms with Gasteiger partial charge < -0.3 is 15.2 Å². The van der Waals surface area contributed by atoms with Gasteiger partial charge in [-0.2, -0.15) is 0 Å². The predicted molar refractivity (Wildman–Crippen MR) is 103 cm³/mol. The van der Waals surface area contributed by atoms with Crippen LogP contribution in [0.1, 0.15) is 44.1 Å². The van der Waals surface area contributed by atoms with Gasteiger partial charge in [0.15, 0.2) is 5.96 Å². The number of hydrogen-bond acceptors (Lipinski definition) is 5. The van der Waals surface area contributed by atoms with Gasteiger partial charge in [-0.1, -0.05) is 19.3 Å². The molecular weight excluding hydrogens is 361 g/mol. The molecule has 1 saturated heterocycles. The molecule has 2 unspecified atom stereocenters. The van der Waals surface area contributed by atoms with Crippen molar-refractivity contribution in [1.29, 1.82) is 0 Å². The first-order chi connectivity index (χ1) is 13.5. The molecule has 2 aliphatic heterocycles. The zero-order valence-corrected chi connectivity index (χ0v) is 16.3. The van der Waals surface area contributed by atoms with E-state index in [1.54, 1.807) is 19.2 Å². The van der Waals surface area contributed by atoms with Crippen LogP contribution in [0.15, 0.2) is 23.2 Å². The fourth-order valence-corrected chi connectivity index (χ4v) is 3.58. The zero-order valence-electron chi connectivity index (χ0n) is 16.3. The topological polar surface area (TPSA) is 77.2 Å². The Labute approximate surface area is 164 Å². The monoisotopic (exact) mass is 389 g/mol. The number of carbonyl (C=O) groups excluding carboxylic acids is 1. The third-order valence-electron chi connectivity index (χ3n) is 5.68. The summed E-state index contributed by atoms with van der Waals surface area (Å²) in [5.74, 6) is 0.183. The average Bonchev–Trinajstić information content (AvgIpc) is 3.58. The van der Waals surface area contributed by atoms with E-state index in [4.69, 9.17) is 15.2 Å². The molecule has 28 heavy (non-hydrogen) atoms. The van der Waals surface area contributed by atoms with Crippen LogP contribution >= 0.6 is 0 Å². The molecule has 1 amide bonds. The van der Waals surface area contributed by atoms with Crippen molar-refractivity contribution < 1.29 is 18.7 Å². The summed E-state index contributed by atoms with van der Waals surface area (Å²) in [4.78, 5) is 18.6. The fourth-order valence-electron chi connectivity index (χ4n) is 3.58. The summed E-state index contributed by atoms with van der Waals surface area (Å²) in [5.41, 5.74) is 5.12. The van der Waals surface area contributed by atoms with Crippen LogP contribution in [-0.4, -0.2) is 43.6 Å². The highest BCUT2D eigenvalue weighted by Gasteiger charge is 2.52. The highest BCUT2D eigenvalue weighted by atomic mass is 19.1. The van der Waals surface area contributed by atoms with Crippen LogP contribution < -0.4 is 10.5 Å². The molecule has 2 atom stereocenters. The van der Waals surface area contributed by atoms with E-state index in [0.717, 1.165) is 0 Å². The van der Waals surface area contributed by atoms with E-state index in [2.05, 4.69) is 4.99 Å². The quantitative estimate of drug-likeness (QED) is 0.859. The summed E-state index contributed by atoms with van der Waals surface area (Å²) < 4.78 is 26.1. The zero-order chi connectivity index (χ0) is 19.7. The van der Waals surface area contributed by atoms with Crippen molar-refractivity contribution in [2.45, 2.75) is 44.1 Å². The second kappa shape index (κ2) is 7.70. The first-order valence-electron chi connectivity index (χ1n) is 10.1. The van der Waals surface area contributed by atoms with Gasteiger partial charge in [-0.3, -0.25) is 9.69 Å². The standard InChI is InChI=1S/C18H22FN3O3.C3H6/c1-22-16(23)13-6-7-24-10-18(13,21-17(22)20)14-8-12(4-5-15(14)19)25-9-11-2-3-11;1-2-3-1/h4-5,8,11,13H,2-3,6-7,9-10H2,1H3,(H2,20,21);1-3H2. The number of nitrogens with two attached hydrogens (primary N) is 1. The van der Waals surface area contributed by atoms with Gasteiger partial charge in [0.25, 0.3) is 0 Å². The largest absolute Gasteiger partial charge is 0.493 e. The van der Waals surface area contributed by atoms with Gasteiger partial charge in [0.2, 0.25) is 5.91 Å². The van der Waals surface area contributed by atoms with Gasteiger partial charge in [0.1, 0.15) is 17.1 Å². The number of rotatable bonds is 4. The van der Waals surface area contributed by atoms with Crippen molar-refractivity contribution in [3.05, 3.63) is 29.6 Å². The van der Waals surface area contributed by atoms with Crippen molar-refractivity contribution in [1.82, 2.24) is 4.90 Å². The lowest BCUT2D eigenvalue weighted by molar-refractivity contribution is -0.140. The highest BCUT2D eigenvalue weighted by molar-refractivity contribution is 6.00. The number of nitrogens with zero attached hydrogens (tertiary/aromatic N) is 2. The minimum Gasteiger partial charge on any atom is -0.493 e. The summed E-state index contributed by atoms with van der Waals surface area (Å²) in [6, 6.07) is 4.63. The molecular formula is C21H28FN3O3. The van der Waals surface area contributed by atoms with Gasteiger partial charge in [-0.25, -0.2) is 9.38 Å². The van der Waals surface area contributed by atoms with Crippen molar-refractivity contribution in [3.8, 4) is 5.75 Å². The second-order valence-corrected chi connectivity index (χ2v) is 8.14. The highest BCUT2D eigenvalue weighted by Crippen LogP contribution is 2.44. The van der Waals surface area contributed by atoms with Crippen LogP contribution in [0.3, 0.4) is 0 Å². The van der Waals surface area contributed by atoms with Crippen LogP contribution in [0.4, 0.5) is 4.39 Å². The molecule has 2 aliphatic carbocycles. The van der Waals surface area contributed by atoms with Crippen LogP contribution in [-0.2, 0) is 15.1 Å². The molecule has 2 heterocycles. The molecule has 0 spiro atoms. The van der Waals surface area contributed by atoms with Gasteiger partial charge in [0, 0.05) is 19.2 Å². The van der Waals surface area contributed by atoms with Gasteiger partial charge in [-0.15, -0.1) is 0 Å². The molecule has 5 rings (SSSR count). The fraction of sp³-hybridized carbons (Fsp3) is 0.619. The first kappa shape index (κ1) is 19.2. The lowest BCUT2D eigenvalue weighted by atomic mass is 9.74. The van der Waals surface area contributed by atoms with Crippen molar-refractivity contribution in [3.63, 3.8) is 0 Å². The molecule has 1 aromatic carbocycles. The molecule has 3 fully saturated rings. The van der Waals surface area contributed by atoms with E-state index in [1.165, 1.54) is 43.1 Å². The number of ether oxygens (including phenoxy) is 2. The Bertz CT molecular complexity index is 775. The Kier molecular flexibility index (Phi) is 5.27. The summed E-state index contributed by atoms with van der Waals surface area (Å²) in [5, 5.41) is 0. The van der Waals surface area contributed by atoms with Crippen molar-refractivity contribution in [2.24, 2.45) is 22.6 Å². The molecule has 2 saturated carbocycles. The number of amides is 1. The Balaban J connectivity index is 0.000000586. The maximum Gasteiger partial charge on any atom is 0.235 e. The molecule has 152 valence electrons. The number of hydrogen-bond donors (Lipinski definition) is 1. The molecule has 1 aromatic rings. The van der Waals surface area contributed by atoms with Crippen LogP contribution in [0.2, 0.25) is 0 Å².